The summed E-state index contributed by atoms with van der Waals surface area (Å²) in [5.41, 5.74) is 0. The van der Waals surface area contributed by atoms with Crippen molar-refractivity contribution in [2.24, 2.45) is 0 Å². The van der Waals surface area contributed by atoms with Crippen molar-refractivity contribution in [3.05, 3.63) is 24.2 Å². The van der Waals surface area contributed by atoms with Crippen LogP contribution in [0.2, 0.25) is 0 Å². The molecule has 1 rings (SSSR count). The molecule has 0 saturated heterocycles. The molecule has 0 saturated carbocycles. The van der Waals surface area contributed by atoms with Crippen LogP contribution in [-0.2, 0) is 10.0 Å². The molecular weight excluding hydrogens is 214 g/mol. The molecule has 1 N–H and O–H groups in total. The van der Waals surface area contributed by atoms with Gasteiger partial charge < -0.3 is 4.42 Å². The lowest BCUT2D eigenvalue weighted by atomic mass is 10.3. The van der Waals surface area contributed by atoms with Crippen molar-refractivity contribution < 1.29 is 12.8 Å². The first-order chi connectivity index (χ1) is 6.05. The van der Waals surface area contributed by atoms with E-state index in [1.807, 2.05) is 0 Å². The lowest BCUT2D eigenvalue weighted by Gasteiger charge is -2.09. The number of rotatable bonds is 4. The Hall–Kier alpha value is -0.520. The van der Waals surface area contributed by atoms with Crippen LogP contribution in [0.3, 0.4) is 0 Å². The van der Waals surface area contributed by atoms with Crippen LogP contribution < -0.4 is 4.72 Å². The molecule has 0 aliphatic carbocycles. The van der Waals surface area contributed by atoms with Crippen LogP contribution in [0, 0.1) is 0 Å². The normalized spacial score (nSPS) is 14.3. The Labute approximate surface area is 81.9 Å². The number of alkyl halides is 1. The van der Waals surface area contributed by atoms with Gasteiger partial charge in [0.05, 0.1) is 12.3 Å². The highest BCUT2D eigenvalue weighted by Crippen LogP contribution is 2.13. The summed E-state index contributed by atoms with van der Waals surface area (Å²) in [6.45, 7) is 1.68. The van der Waals surface area contributed by atoms with Gasteiger partial charge in [-0.15, -0.1) is 11.6 Å². The molecule has 1 heterocycles. The first-order valence-electron chi connectivity index (χ1n) is 3.64. The van der Waals surface area contributed by atoms with Gasteiger partial charge in [0.15, 0.2) is 0 Å². The van der Waals surface area contributed by atoms with E-state index in [2.05, 4.69) is 4.72 Å². The summed E-state index contributed by atoms with van der Waals surface area (Å²) in [5, 5.41) is -0.446. The Bertz CT molecular complexity index is 346. The fourth-order valence-electron chi connectivity index (χ4n) is 0.897. The minimum absolute atomic E-state index is 0.390. The third-order valence-corrected chi connectivity index (χ3v) is 3.33. The number of hydrogen-bond donors (Lipinski definition) is 1. The van der Waals surface area contributed by atoms with Gasteiger partial charge in [-0.1, -0.05) is 0 Å². The maximum absolute atomic E-state index is 11.0. The zero-order chi connectivity index (χ0) is 9.90. The SMILES string of the molecule is CC(NS(=O)(=O)CCl)c1ccco1. The highest BCUT2D eigenvalue weighted by atomic mass is 35.5. The van der Waals surface area contributed by atoms with Crippen LogP contribution in [0.1, 0.15) is 18.7 Å². The highest BCUT2D eigenvalue weighted by molar-refractivity contribution is 7.90. The number of hydrogen-bond acceptors (Lipinski definition) is 3. The monoisotopic (exact) mass is 223 g/mol. The van der Waals surface area contributed by atoms with E-state index in [0.29, 0.717) is 5.76 Å². The number of nitrogens with one attached hydrogen (secondary N) is 1. The second-order valence-electron chi connectivity index (χ2n) is 2.58. The molecule has 1 aromatic rings. The van der Waals surface area contributed by atoms with Crippen molar-refractivity contribution in [2.75, 3.05) is 5.21 Å². The number of halogens is 1. The van der Waals surface area contributed by atoms with Gasteiger partial charge in [-0.05, 0) is 19.1 Å². The van der Waals surface area contributed by atoms with Crippen molar-refractivity contribution in [3.63, 3.8) is 0 Å². The van der Waals surface area contributed by atoms with Gasteiger partial charge in [-0.25, -0.2) is 13.1 Å². The van der Waals surface area contributed by atoms with Crippen LogP contribution >= 0.6 is 11.6 Å². The Morgan fingerprint density at radius 1 is 1.69 bits per heavy atom. The van der Waals surface area contributed by atoms with E-state index in [1.165, 1.54) is 6.26 Å². The van der Waals surface area contributed by atoms with E-state index in [1.54, 1.807) is 19.1 Å². The lowest BCUT2D eigenvalue weighted by Crippen LogP contribution is -2.27. The molecule has 4 nitrogen and oxygen atoms in total. The average molecular weight is 224 g/mol. The second kappa shape index (κ2) is 4.13. The number of furan rings is 1. The van der Waals surface area contributed by atoms with Crippen LogP contribution in [-0.4, -0.2) is 13.6 Å². The third-order valence-electron chi connectivity index (χ3n) is 1.47. The summed E-state index contributed by atoms with van der Waals surface area (Å²) >= 11 is 5.22. The molecule has 0 spiro atoms. The fourth-order valence-corrected chi connectivity index (χ4v) is 1.80. The molecule has 1 unspecified atom stereocenters. The summed E-state index contributed by atoms with van der Waals surface area (Å²) in [4.78, 5) is 0. The molecule has 0 aliphatic heterocycles. The fraction of sp³-hybridized carbons (Fsp3) is 0.429. The van der Waals surface area contributed by atoms with Crippen molar-refractivity contribution in [1.29, 1.82) is 0 Å². The largest absolute Gasteiger partial charge is 0.468 e. The minimum Gasteiger partial charge on any atom is -0.468 e. The average Bonchev–Trinajstić information content (AvgIpc) is 2.55. The van der Waals surface area contributed by atoms with Crippen molar-refractivity contribution in [1.82, 2.24) is 4.72 Å². The summed E-state index contributed by atoms with van der Waals surface area (Å²) < 4.78 is 29.4. The molecule has 13 heavy (non-hydrogen) atoms. The first-order valence-corrected chi connectivity index (χ1v) is 5.83. The molecular formula is C7H10ClNO3S. The van der Waals surface area contributed by atoms with Gasteiger partial charge in [-0.3, -0.25) is 0 Å². The van der Waals surface area contributed by atoms with Crippen molar-refractivity contribution >= 4 is 21.6 Å². The van der Waals surface area contributed by atoms with Crippen LogP contribution in [0.4, 0.5) is 0 Å². The van der Waals surface area contributed by atoms with E-state index in [0.717, 1.165) is 0 Å². The Balaban J connectivity index is 2.67. The molecule has 0 aromatic carbocycles. The van der Waals surface area contributed by atoms with Gasteiger partial charge in [0.1, 0.15) is 11.0 Å². The smallest absolute Gasteiger partial charge is 0.226 e. The van der Waals surface area contributed by atoms with Gasteiger partial charge >= 0.3 is 0 Å². The Morgan fingerprint density at radius 2 is 2.38 bits per heavy atom. The highest BCUT2D eigenvalue weighted by Gasteiger charge is 2.15. The number of sulfonamides is 1. The predicted octanol–water partition coefficient (Wildman–Crippen LogP) is 1.46. The molecule has 0 bridgehead atoms. The second-order valence-corrected chi connectivity index (χ2v) is 4.92. The molecule has 0 fully saturated rings. The van der Waals surface area contributed by atoms with E-state index in [9.17, 15) is 8.42 Å². The van der Waals surface area contributed by atoms with Crippen LogP contribution in [0.15, 0.2) is 22.8 Å². The van der Waals surface area contributed by atoms with E-state index in [4.69, 9.17) is 16.0 Å². The molecule has 0 aliphatic rings. The molecule has 74 valence electrons. The zero-order valence-corrected chi connectivity index (χ0v) is 8.60. The van der Waals surface area contributed by atoms with E-state index >= 15 is 0 Å². The minimum atomic E-state index is -3.39. The summed E-state index contributed by atoms with van der Waals surface area (Å²) in [6, 6.07) is 3.00. The van der Waals surface area contributed by atoms with Crippen LogP contribution in [0.25, 0.3) is 0 Å². The molecule has 6 heteroatoms. The Morgan fingerprint density at radius 3 is 2.85 bits per heavy atom. The Kier molecular flexibility index (Phi) is 3.35. The van der Waals surface area contributed by atoms with Crippen LogP contribution in [0.5, 0.6) is 0 Å². The topological polar surface area (TPSA) is 59.3 Å². The van der Waals surface area contributed by atoms with Crippen molar-refractivity contribution in [2.45, 2.75) is 13.0 Å². The van der Waals surface area contributed by atoms with E-state index < -0.39 is 21.3 Å². The van der Waals surface area contributed by atoms with Gasteiger partial charge in [0, 0.05) is 0 Å². The van der Waals surface area contributed by atoms with E-state index in [-0.39, 0.29) is 0 Å². The predicted molar refractivity (Wildman–Crippen MR) is 49.9 cm³/mol. The molecule has 0 radical (unpaired) electrons. The summed E-state index contributed by atoms with van der Waals surface area (Å²) in [7, 11) is -3.39. The molecule has 0 amide bonds. The first kappa shape index (κ1) is 10.6. The third kappa shape index (κ3) is 3.02. The quantitative estimate of drug-likeness (QED) is 0.787. The van der Waals surface area contributed by atoms with Gasteiger partial charge in [0.2, 0.25) is 10.0 Å². The standard InChI is InChI=1S/C7H10ClNO3S/c1-6(7-3-2-4-12-7)9-13(10,11)5-8/h2-4,6,9H,5H2,1H3. The van der Waals surface area contributed by atoms with Gasteiger partial charge in [0.25, 0.3) is 0 Å². The zero-order valence-electron chi connectivity index (χ0n) is 7.03. The molecule has 1 aromatic heterocycles. The summed E-state index contributed by atoms with van der Waals surface area (Å²) in [6.07, 6.45) is 1.49. The maximum atomic E-state index is 11.0. The molecule has 1 atom stereocenters. The van der Waals surface area contributed by atoms with Crippen molar-refractivity contribution in [3.8, 4) is 0 Å². The lowest BCUT2D eigenvalue weighted by molar-refractivity contribution is 0.460. The maximum Gasteiger partial charge on any atom is 0.226 e. The summed E-state index contributed by atoms with van der Waals surface area (Å²) in [5.74, 6) is 0.564. The van der Waals surface area contributed by atoms with Gasteiger partial charge in [-0.2, -0.15) is 0 Å².